The first-order valence-corrected chi connectivity index (χ1v) is 7.48. The van der Waals surface area contributed by atoms with Crippen molar-refractivity contribution in [1.82, 2.24) is 0 Å². The summed E-state index contributed by atoms with van der Waals surface area (Å²) < 4.78 is 22.7. The maximum Gasteiger partial charge on any atom is 0.230 e. The minimum atomic E-state index is -3.06. The second kappa shape index (κ2) is 4.61. The Morgan fingerprint density at radius 3 is 2.72 bits per heavy atom. The largest absolute Gasteiger partial charge is 0.508 e. The van der Waals surface area contributed by atoms with Gasteiger partial charge in [-0.2, -0.15) is 0 Å². The number of aromatic hydroxyl groups is 1. The summed E-state index contributed by atoms with van der Waals surface area (Å²) in [4.78, 5) is 13.5. The fourth-order valence-electron chi connectivity index (χ4n) is 2.09. The van der Waals surface area contributed by atoms with Gasteiger partial charge >= 0.3 is 0 Å². The van der Waals surface area contributed by atoms with Crippen LogP contribution in [0.4, 0.5) is 5.69 Å². The maximum absolute atomic E-state index is 12.1. The molecular weight excluding hydrogens is 254 g/mol. The summed E-state index contributed by atoms with van der Waals surface area (Å²) in [5, 5.41) is 9.36. The van der Waals surface area contributed by atoms with Crippen LogP contribution in [-0.4, -0.2) is 38.0 Å². The molecule has 0 spiro atoms. The second-order valence-electron chi connectivity index (χ2n) is 4.52. The Labute approximate surface area is 106 Å². The lowest BCUT2D eigenvalue weighted by atomic mass is 10.1. The summed E-state index contributed by atoms with van der Waals surface area (Å²) in [6.07, 6.45) is 0.379. The fraction of sp³-hybridized carbons (Fsp3) is 0.417. The van der Waals surface area contributed by atoms with Crippen LogP contribution in [0.3, 0.4) is 0 Å². The molecule has 1 fully saturated rings. The van der Waals surface area contributed by atoms with Crippen molar-refractivity contribution in [1.29, 1.82) is 0 Å². The molecule has 1 N–H and O–H groups in total. The van der Waals surface area contributed by atoms with E-state index in [4.69, 9.17) is 0 Å². The normalized spacial score (nSPS) is 21.7. The highest BCUT2D eigenvalue weighted by Gasteiger charge is 2.34. The molecule has 6 heteroatoms. The quantitative estimate of drug-likeness (QED) is 0.861. The molecule has 1 saturated heterocycles. The topological polar surface area (TPSA) is 74.7 Å². The van der Waals surface area contributed by atoms with Crippen LogP contribution in [0, 0.1) is 5.92 Å². The minimum Gasteiger partial charge on any atom is -0.508 e. The number of sulfone groups is 1. The van der Waals surface area contributed by atoms with Crippen molar-refractivity contribution >= 4 is 21.4 Å². The van der Waals surface area contributed by atoms with Crippen molar-refractivity contribution in [2.24, 2.45) is 5.92 Å². The Morgan fingerprint density at radius 2 is 2.17 bits per heavy atom. The van der Waals surface area contributed by atoms with Crippen LogP contribution in [0.5, 0.6) is 5.75 Å². The number of phenolic OH excluding ortho intramolecular Hbond substituents is 1. The minimum absolute atomic E-state index is 0.0744. The lowest BCUT2D eigenvalue weighted by molar-refractivity contribution is -0.121. The van der Waals surface area contributed by atoms with Crippen molar-refractivity contribution in [3.05, 3.63) is 24.3 Å². The summed E-state index contributed by atoms with van der Waals surface area (Å²) in [5.41, 5.74) is 0.560. The van der Waals surface area contributed by atoms with Gasteiger partial charge in [-0.3, -0.25) is 4.79 Å². The van der Waals surface area contributed by atoms with Crippen molar-refractivity contribution in [3.8, 4) is 5.75 Å². The number of benzene rings is 1. The molecule has 1 aromatic carbocycles. The van der Waals surface area contributed by atoms with Crippen LogP contribution in [0.2, 0.25) is 0 Å². The molecule has 1 heterocycles. The molecule has 1 atom stereocenters. The van der Waals surface area contributed by atoms with Gasteiger partial charge in [0.05, 0.1) is 17.4 Å². The Balaban J connectivity index is 2.15. The molecule has 0 radical (unpaired) electrons. The third kappa shape index (κ3) is 2.64. The molecule has 1 unspecified atom stereocenters. The van der Waals surface area contributed by atoms with Crippen LogP contribution in [0.15, 0.2) is 24.3 Å². The molecule has 0 aliphatic carbocycles. The van der Waals surface area contributed by atoms with Crippen LogP contribution >= 0.6 is 0 Å². The van der Waals surface area contributed by atoms with E-state index in [-0.39, 0.29) is 23.2 Å². The highest BCUT2D eigenvalue weighted by molar-refractivity contribution is 7.91. The first-order valence-electron chi connectivity index (χ1n) is 5.66. The van der Waals surface area contributed by atoms with Gasteiger partial charge in [-0.05, 0) is 18.6 Å². The van der Waals surface area contributed by atoms with Crippen LogP contribution in [-0.2, 0) is 14.6 Å². The molecular formula is C12H15NO4S. The van der Waals surface area contributed by atoms with Gasteiger partial charge in [-0.1, -0.05) is 6.07 Å². The lowest BCUT2D eigenvalue weighted by Crippen LogP contribution is -2.33. The number of phenols is 1. The zero-order valence-corrected chi connectivity index (χ0v) is 10.9. The Hall–Kier alpha value is -1.56. The maximum atomic E-state index is 12.1. The fourth-order valence-corrected chi connectivity index (χ4v) is 3.83. The van der Waals surface area contributed by atoms with Gasteiger partial charge in [0.25, 0.3) is 0 Å². The summed E-state index contributed by atoms with van der Waals surface area (Å²) in [7, 11) is -1.48. The Kier molecular flexibility index (Phi) is 3.30. The first-order chi connectivity index (χ1) is 8.39. The molecule has 0 bridgehead atoms. The molecule has 0 saturated carbocycles. The van der Waals surface area contributed by atoms with E-state index in [1.807, 2.05) is 0 Å². The zero-order chi connectivity index (χ0) is 13.3. The van der Waals surface area contributed by atoms with Gasteiger partial charge in [0, 0.05) is 18.8 Å². The van der Waals surface area contributed by atoms with Gasteiger partial charge < -0.3 is 10.0 Å². The molecule has 18 heavy (non-hydrogen) atoms. The number of amides is 1. The second-order valence-corrected chi connectivity index (χ2v) is 6.75. The lowest BCUT2D eigenvalue weighted by Gasteiger charge is -2.20. The van der Waals surface area contributed by atoms with Crippen molar-refractivity contribution in [3.63, 3.8) is 0 Å². The predicted molar refractivity (Wildman–Crippen MR) is 68.3 cm³/mol. The molecule has 5 nitrogen and oxygen atoms in total. The predicted octanol–water partition coefficient (Wildman–Crippen LogP) is 0.790. The van der Waals surface area contributed by atoms with E-state index in [1.54, 1.807) is 19.2 Å². The molecule has 2 rings (SSSR count). The van der Waals surface area contributed by atoms with Crippen molar-refractivity contribution in [2.45, 2.75) is 6.42 Å². The molecule has 0 aromatic heterocycles. The molecule has 1 aliphatic rings. The average molecular weight is 269 g/mol. The van der Waals surface area contributed by atoms with E-state index in [0.29, 0.717) is 12.1 Å². The third-order valence-electron chi connectivity index (χ3n) is 3.13. The number of hydrogen-bond donors (Lipinski definition) is 1. The first kappa shape index (κ1) is 12.9. The van der Waals surface area contributed by atoms with Crippen LogP contribution in [0.1, 0.15) is 6.42 Å². The molecule has 1 amide bonds. The smallest absolute Gasteiger partial charge is 0.230 e. The van der Waals surface area contributed by atoms with E-state index in [9.17, 15) is 18.3 Å². The average Bonchev–Trinajstić information content (AvgIpc) is 2.68. The van der Waals surface area contributed by atoms with Gasteiger partial charge in [0.2, 0.25) is 5.91 Å². The van der Waals surface area contributed by atoms with E-state index in [0.717, 1.165) is 0 Å². The number of nitrogens with zero attached hydrogens (tertiary/aromatic N) is 1. The standard InChI is InChI=1S/C12H15NO4S/c1-13(10-3-2-4-11(14)7-10)12(15)9-5-6-18(16,17)8-9/h2-4,7,9,14H,5-6,8H2,1H3. The summed E-state index contributed by atoms with van der Waals surface area (Å²) in [6.45, 7) is 0. The van der Waals surface area contributed by atoms with Gasteiger partial charge in [-0.25, -0.2) is 8.42 Å². The number of carbonyl (C=O) groups excluding carboxylic acids is 1. The summed E-state index contributed by atoms with van der Waals surface area (Å²) >= 11 is 0. The van der Waals surface area contributed by atoms with E-state index < -0.39 is 15.8 Å². The van der Waals surface area contributed by atoms with Crippen LogP contribution in [0.25, 0.3) is 0 Å². The van der Waals surface area contributed by atoms with Gasteiger partial charge in [-0.15, -0.1) is 0 Å². The molecule has 1 aliphatic heterocycles. The summed E-state index contributed by atoms with van der Waals surface area (Å²) in [6, 6.07) is 6.32. The van der Waals surface area contributed by atoms with Crippen LogP contribution < -0.4 is 4.90 Å². The highest BCUT2D eigenvalue weighted by atomic mass is 32.2. The Morgan fingerprint density at radius 1 is 1.44 bits per heavy atom. The van der Waals surface area contributed by atoms with E-state index in [2.05, 4.69) is 0 Å². The zero-order valence-electron chi connectivity index (χ0n) is 10.0. The Bertz CT molecular complexity index is 567. The number of carbonyl (C=O) groups is 1. The number of hydrogen-bond acceptors (Lipinski definition) is 4. The van der Waals surface area contributed by atoms with Crippen molar-refractivity contribution in [2.75, 3.05) is 23.5 Å². The monoisotopic (exact) mass is 269 g/mol. The number of rotatable bonds is 2. The molecule has 98 valence electrons. The van der Waals surface area contributed by atoms with Crippen molar-refractivity contribution < 1.29 is 18.3 Å². The highest BCUT2D eigenvalue weighted by Crippen LogP contribution is 2.25. The van der Waals surface area contributed by atoms with E-state index in [1.165, 1.54) is 17.0 Å². The van der Waals surface area contributed by atoms with Gasteiger partial charge in [0.15, 0.2) is 9.84 Å². The van der Waals surface area contributed by atoms with E-state index >= 15 is 0 Å². The third-order valence-corrected chi connectivity index (χ3v) is 4.90. The molecule has 1 aromatic rings. The number of anilines is 1. The SMILES string of the molecule is CN(C(=O)C1CCS(=O)(=O)C1)c1cccc(O)c1. The summed E-state index contributed by atoms with van der Waals surface area (Å²) in [5.74, 6) is -0.609. The van der Waals surface area contributed by atoms with Gasteiger partial charge in [0.1, 0.15) is 5.75 Å².